The second-order valence-corrected chi connectivity index (χ2v) is 16.7. The van der Waals surface area contributed by atoms with Crippen LogP contribution in [0.1, 0.15) is 22.3 Å². The third-order valence-corrected chi connectivity index (χ3v) is 13.7. The van der Waals surface area contributed by atoms with Crippen molar-refractivity contribution in [1.29, 1.82) is 0 Å². The third-order valence-electron chi connectivity index (χ3n) is 13.7. The van der Waals surface area contributed by atoms with Crippen molar-refractivity contribution >= 4 is 49.4 Å². The van der Waals surface area contributed by atoms with Crippen molar-refractivity contribution in [3.63, 3.8) is 0 Å². The fourth-order valence-corrected chi connectivity index (χ4v) is 11.1. The normalized spacial score (nSPS) is 13.0. The second kappa shape index (κ2) is 13.5. The van der Waals surface area contributed by atoms with E-state index in [4.69, 9.17) is 0 Å². The van der Waals surface area contributed by atoms with E-state index in [1.807, 2.05) is 0 Å². The molecular formula is C61H39N. The summed E-state index contributed by atoms with van der Waals surface area (Å²) in [4.78, 5) is 2.52. The van der Waals surface area contributed by atoms with Gasteiger partial charge in [0.1, 0.15) is 0 Å². The Bertz CT molecular complexity index is 3470. The summed E-state index contributed by atoms with van der Waals surface area (Å²) in [6.45, 7) is 0. The Kier molecular flexibility index (Phi) is 7.59. The third kappa shape index (κ3) is 4.91. The van der Waals surface area contributed by atoms with Crippen LogP contribution in [0.15, 0.2) is 237 Å². The quantitative estimate of drug-likeness (QED) is 0.157. The van der Waals surface area contributed by atoms with E-state index in [0.717, 1.165) is 17.1 Å². The van der Waals surface area contributed by atoms with Crippen LogP contribution in [-0.2, 0) is 5.41 Å². The number of fused-ring (bicyclic) bond motifs is 16. The number of hydrogen-bond acceptors (Lipinski definition) is 1. The van der Waals surface area contributed by atoms with Crippen LogP contribution in [0.25, 0.3) is 76.8 Å². The van der Waals surface area contributed by atoms with E-state index in [-0.39, 0.29) is 0 Å². The predicted molar refractivity (Wildman–Crippen MR) is 261 cm³/mol. The number of rotatable bonds is 5. The van der Waals surface area contributed by atoms with Gasteiger partial charge in [-0.05, 0) is 124 Å². The molecule has 62 heavy (non-hydrogen) atoms. The van der Waals surface area contributed by atoms with Crippen LogP contribution in [0, 0.1) is 0 Å². The first-order valence-electron chi connectivity index (χ1n) is 21.6. The summed E-state index contributed by atoms with van der Waals surface area (Å²) in [5.41, 5.74) is 18.3. The summed E-state index contributed by atoms with van der Waals surface area (Å²) >= 11 is 0. The molecule has 1 spiro atoms. The van der Waals surface area contributed by atoms with Gasteiger partial charge in [0.25, 0.3) is 0 Å². The summed E-state index contributed by atoms with van der Waals surface area (Å²) in [7, 11) is 0. The van der Waals surface area contributed by atoms with E-state index < -0.39 is 5.41 Å². The van der Waals surface area contributed by atoms with Gasteiger partial charge in [-0.15, -0.1) is 0 Å². The van der Waals surface area contributed by atoms with Gasteiger partial charge in [0.15, 0.2) is 0 Å². The van der Waals surface area contributed by atoms with Gasteiger partial charge < -0.3 is 4.90 Å². The van der Waals surface area contributed by atoms with E-state index in [9.17, 15) is 0 Å². The lowest BCUT2D eigenvalue weighted by atomic mass is 9.70. The van der Waals surface area contributed by atoms with E-state index in [1.165, 1.54) is 99.1 Å². The number of hydrogen-bond donors (Lipinski definition) is 0. The first kappa shape index (κ1) is 34.8. The van der Waals surface area contributed by atoms with Crippen LogP contribution >= 0.6 is 0 Å². The van der Waals surface area contributed by atoms with Crippen molar-refractivity contribution < 1.29 is 0 Å². The average molecular weight is 786 g/mol. The molecule has 0 aromatic heterocycles. The Morgan fingerprint density at radius 1 is 0.258 bits per heavy atom. The second-order valence-electron chi connectivity index (χ2n) is 16.7. The molecule has 0 bridgehead atoms. The number of anilines is 3. The molecule has 11 aromatic carbocycles. The molecule has 0 radical (unpaired) electrons. The van der Waals surface area contributed by atoms with Crippen molar-refractivity contribution in [3.05, 3.63) is 259 Å². The highest BCUT2D eigenvalue weighted by molar-refractivity contribution is 6.28. The molecule has 0 N–H and O–H groups in total. The standard InChI is InChI=1S/C61H39N/c1-2-16-40(17-3-1)41-32-34-42(35-33-41)43-18-14-19-44(38-43)62(59-31-15-27-54-48-21-5-4-20-46(48)47-22-6-7-26-53(47)60(54)59)45-36-37-52-51-25-10-13-30-57(51)61(58(52)39-45)55-28-11-8-23-49(55)50-24-9-12-29-56(50)61/h1-39H. The zero-order valence-corrected chi connectivity index (χ0v) is 34.0. The van der Waals surface area contributed by atoms with E-state index in [2.05, 4.69) is 241 Å². The Balaban J connectivity index is 1.09. The molecule has 13 rings (SSSR count). The number of benzene rings is 11. The molecule has 0 heterocycles. The largest absolute Gasteiger partial charge is 0.310 e. The molecule has 2 aliphatic carbocycles. The first-order valence-corrected chi connectivity index (χ1v) is 21.6. The zero-order chi connectivity index (χ0) is 40.8. The van der Waals surface area contributed by atoms with Gasteiger partial charge in [-0.2, -0.15) is 0 Å². The summed E-state index contributed by atoms with van der Waals surface area (Å²) < 4.78 is 0. The van der Waals surface area contributed by atoms with Crippen molar-refractivity contribution in [3.8, 4) is 44.5 Å². The molecular weight excluding hydrogens is 747 g/mol. The van der Waals surface area contributed by atoms with Gasteiger partial charge in [-0.25, -0.2) is 0 Å². The highest BCUT2D eigenvalue weighted by Crippen LogP contribution is 2.63. The van der Waals surface area contributed by atoms with Crippen LogP contribution < -0.4 is 4.90 Å². The fourth-order valence-electron chi connectivity index (χ4n) is 11.1. The molecule has 1 heteroatoms. The van der Waals surface area contributed by atoms with Crippen LogP contribution in [0.5, 0.6) is 0 Å². The summed E-state index contributed by atoms with van der Waals surface area (Å²) in [5.74, 6) is 0. The molecule has 0 atom stereocenters. The molecule has 1 nitrogen and oxygen atoms in total. The maximum Gasteiger partial charge on any atom is 0.0726 e. The smallest absolute Gasteiger partial charge is 0.0726 e. The van der Waals surface area contributed by atoms with Gasteiger partial charge >= 0.3 is 0 Å². The predicted octanol–water partition coefficient (Wildman–Crippen LogP) is 16.3. The van der Waals surface area contributed by atoms with Gasteiger partial charge in [-0.1, -0.05) is 206 Å². The molecule has 0 amide bonds. The molecule has 0 fully saturated rings. The SMILES string of the molecule is c1ccc(-c2ccc(-c3cccc(N(c4ccc5c(c4)C4(c6ccccc6-c6ccccc64)c4ccccc4-5)c4cccc5c6ccccc6c6ccccc6c45)c3)cc2)cc1. The minimum Gasteiger partial charge on any atom is -0.310 e. The summed E-state index contributed by atoms with van der Waals surface area (Å²) in [6, 6.07) is 87.9. The van der Waals surface area contributed by atoms with Crippen molar-refractivity contribution in [2.75, 3.05) is 4.90 Å². The lowest BCUT2D eigenvalue weighted by Gasteiger charge is -2.32. The van der Waals surface area contributed by atoms with Crippen LogP contribution in [0.2, 0.25) is 0 Å². The minimum atomic E-state index is -0.454. The monoisotopic (exact) mass is 785 g/mol. The average Bonchev–Trinajstić information content (AvgIpc) is 3.82. The lowest BCUT2D eigenvalue weighted by molar-refractivity contribution is 0.793. The molecule has 11 aromatic rings. The zero-order valence-electron chi connectivity index (χ0n) is 34.0. The fraction of sp³-hybridized carbons (Fsp3) is 0.0164. The minimum absolute atomic E-state index is 0.454. The highest BCUT2D eigenvalue weighted by Gasteiger charge is 2.51. The summed E-state index contributed by atoms with van der Waals surface area (Å²) in [5, 5.41) is 7.54. The molecule has 288 valence electrons. The molecule has 0 saturated heterocycles. The van der Waals surface area contributed by atoms with E-state index in [0.29, 0.717) is 0 Å². The topological polar surface area (TPSA) is 3.24 Å². The van der Waals surface area contributed by atoms with Crippen LogP contribution in [-0.4, -0.2) is 0 Å². The van der Waals surface area contributed by atoms with Crippen molar-refractivity contribution in [2.24, 2.45) is 0 Å². The van der Waals surface area contributed by atoms with E-state index in [1.54, 1.807) is 0 Å². The van der Waals surface area contributed by atoms with Crippen molar-refractivity contribution in [2.45, 2.75) is 5.41 Å². The van der Waals surface area contributed by atoms with Gasteiger partial charge in [0.05, 0.1) is 11.1 Å². The molecule has 0 unspecified atom stereocenters. The Hall–Kier alpha value is -8.00. The maximum atomic E-state index is 2.52. The Morgan fingerprint density at radius 2 is 0.677 bits per heavy atom. The van der Waals surface area contributed by atoms with Gasteiger partial charge in [-0.3, -0.25) is 0 Å². The van der Waals surface area contributed by atoms with Gasteiger partial charge in [0, 0.05) is 16.8 Å². The first-order chi connectivity index (χ1) is 30.8. The Morgan fingerprint density at radius 3 is 1.29 bits per heavy atom. The van der Waals surface area contributed by atoms with Gasteiger partial charge in [0.2, 0.25) is 0 Å². The summed E-state index contributed by atoms with van der Waals surface area (Å²) in [6.07, 6.45) is 0. The van der Waals surface area contributed by atoms with Crippen molar-refractivity contribution in [1.82, 2.24) is 0 Å². The van der Waals surface area contributed by atoms with Crippen LogP contribution in [0.3, 0.4) is 0 Å². The Labute approximate surface area is 361 Å². The number of nitrogens with zero attached hydrogens (tertiary/aromatic N) is 1. The lowest BCUT2D eigenvalue weighted by Crippen LogP contribution is -2.26. The molecule has 0 saturated carbocycles. The molecule has 2 aliphatic rings. The van der Waals surface area contributed by atoms with Crippen LogP contribution in [0.4, 0.5) is 17.1 Å². The van der Waals surface area contributed by atoms with E-state index >= 15 is 0 Å². The molecule has 0 aliphatic heterocycles. The highest BCUT2D eigenvalue weighted by atomic mass is 15.1. The maximum absolute atomic E-state index is 2.52.